The predicted octanol–water partition coefficient (Wildman–Crippen LogP) is 1.92. The Hall–Kier alpha value is -1.07. The second kappa shape index (κ2) is 3.55. The molecule has 1 atom stereocenters. The molecule has 0 heterocycles. The van der Waals surface area contributed by atoms with Crippen molar-refractivity contribution in [2.45, 2.75) is 19.3 Å². The van der Waals surface area contributed by atoms with E-state index < -0.39 is 23.9 Å². The number of hydrogen-bond acceptors (Lipinski definition) is 1. The average molecular weight is 186 g/mol. The molecule has 12 heavy (non-hydrogen) atoms. The average Bonchev–Trinajstić information content (AvgIpc) is 1.85. The van der Waals surface area contributed by atoms with Gasteiger partial charge >= 0.3 is 12.1 Å². The van der Waals surface area contributed by atoms with E-state index in [9.17, 15) is 22.4 Å². The summed E-state index contributed by atoms with van der Waals surface area (Å²) in [6, 6.07) is 0. The van der Waals surface area contributed by atoms with Crippen molar-refractivity contribution in [3.8, 4) is 0 Å². The van der Waals surface area contributed by atoms with E-state index in [1.807, 2.05) is 0 Å². The standard InChI is InChI=1S/C6H6F4O2/c1-3(5(11)12)2-4(7)6(8,9)10/h2,4H,1H3,(H,11,12). The minimum atomic E-state index is -5.03. The highest BCUT2D eigenvalue weighted by Crippen LogP contribution is 2.24. The van der Waals surface area contributed by atoms with E-state index in [2.05, 4.69) is 0 Å². The molecule has 0 rings (SSSR count). The number of rotatable bonds is 2. The highest BCUT2D eigenvalue weighted by Gasteiger charge is 2.38. The molecular formula is C6H6F4O2. The lowest BCUT2D eigenvalue weighted by Crippen LogP contribution is -2.23. The Labute approximate surface area is 65.5 Å². The van der Waals surface area contributed by atoms with E-state index in [1.165, 1.54) is 0 Å². The molecule has 6 heteroatoms. The summed E-state index contributed by atoms with van der Waals surface area (Å²) in [5.41, 5.74) is -0.667. The summed E-state index contributed by atoms with van der Waals surface area (Å²) in [5, 5.41) is 8.09. The van der Waals surface area contributed by atoms with Crippen LogP contribution in [0.1, 0.15) is 6.92 Å². The second-order valence-corrected chi connectivity index (χ2v) is 2.10. The van der Waals surface area contributed by atoms with Crippen LogP contribution in [0.25, 0.3) is 0 Å². The number of carboxylic acids is 1. The zero-order chi connectivity index (χ0) is 9.94. The first-order valence-corrected chi connectivity index (χ1v) is 2.87. The summed E-state index contributed by atoms with van der Waals surface area (Å²) in [6.45, 7) is 0.890. The molecule has 0 amide bonds. The Morgan fingerprint density at radius 1 is 1.50 bits per heavy atom. The third kappa shape index (κ3) is 3.36. The minimum absolute atomic E-state index is 0.0162. The van der Waals surface area contributed by atoms with E-state index in [0.717, 1.165) is 6.92 Å². The van der Waals surface area contributed by atoms with Gasteiger partial charge in [0.1, 0.15) is 0 Å². The molecule has 70 valence electrons. The Balaban J connectivity index is 4.44. The number of carboxylic acid groups (broad SMARTS) is 1. The highest BCUT2D eigenvalue weighted by molar-refractivity contribution is 5.85. The molecule has 0 aliphatic heterocycles. The van der Waals surface area contributed by atoms with Crippen molar-refractivity contribution in [2.24, 2.45) is 0 Å². The van der Waals surface area contributed by atoms with Gasteiger partial charge in [0.25, 0.3) is 0 Å². The first-order chi connectivity index (χ1) is 5.25. The topological polar surface area (TPSA) is 37.3 Å². The first-order valence-electron chi connectivity index (χ1n) is 2.87. The van der Waals surface area contributed by atoms with Gasteiger partial charge < -0.3 is 5.11 Å². The van der Waals surface area contributed by atoms with E-state index in [4.69, 9.17) is 5.11 Å². The summed E-state index contributed by atoms with van der Waals surface area (Å²) >= 11 is 0. The summed E-state index contributed by atoms with van der Waals surface area (Å²) in [5.74, 6) is -1.57. The normalized spacial score (nSPS) is 15.9. The van der Waals surface area contributed by atoms with Gasteiger partial charge in [0.05, 0.1) is 0 Å². The second-order valence-electron chi connectivity index (χ2n) is 2.10. The molecule has 1 unspecified atom stereocenters. The first kappa shape index (κ1) is 10.9. The molecular weight excluding hydrogens is 180 g/mol. The minimum Gasteiger partial charge on any atom is -0.478 e. The molecule has 0 aliphatic rings. The maximum absolute atomic E-state index is 12.1. The van der Waals surface area contributed by atoms with Gasteiger partial charge in [0, 0.05) is 5.57 Å². The summed E-state index contributed by atoms with van der Waals surface area (Å²) in [6.07, 6.45) is -8.23. The van der Waals surface area contributed by atoms with Crippen LogP contribution >= 0.6 is 0 Å². The number of hydrogen-bond donors (Lipinski definition) is 1. The predicted molar refractivity (Wildman–Crippen MR) is 32.3 cm³/mol. The molecule has 1 N–H and O–H groups in total. The van der Waals surface area contributed by atoms with Gasteiger partial charge in [-0.15, -0.1) is 0 Å². The van der Waals surface area contributed by atoms with Gasteiger partial charge in [-0.3, -0.25) is 0 Å². The van der Waals surface area contributed by atoms with Gasteiger partial charge in [-0.05, 0) is 13.0 Å². The van der Waals surface area contributed by atoms with Crippen LogP contribution in [0.2, 0.25) is 0 Å². The van der Waals surface area contributed by atoms with Crippen molar-refractivity contribution in [2.75, 3.05) is 0 Å². The van der Waals surface area contributed by atoms with Crippen LogP contribution in [-0.4, -0.2) is 23.4 Å². The summed E-state index contributed by atoms with van der Waals surface area (Å²) < 4.78 is 46.4. The fourth-order valence-corrected chi connectivity index (χ4v) is 0.385. The highest BCUT2D eigenvalue weighted by atomic mass is 19.4. The monoisotopic (exact) mass is 186 g/mol. The lowest BCUT2D eigenvalue weighted by atomic mass is 10.2. The molecule has 0 saturated carbocycles. The molecule has 0 aliphatic carbocycles. The number of aliphatic carboxylic acids is 1. The van der Waals surface area contributed by atoms with Gasteiger partial charge in [-0.2, -0.15) is 13.2 Å². The Kier molecular flexibility index (Phi) is 3.24. The summed E-state index contributed by atoms with van der Waals surface area (Å²) in [4.78, 5) is 9.96. The molecule has 0 saturated heterocycles. The third-order valence-corrected chi connectivity index (χ3v) is 1.05. The van der Waals surface area contributed by atoms with Crippen LogP contribution in [0.4, 0.5) is 17.6 Å². The van der Waals surface area contributed by atoms with E-state index in [-0.39, 0.29) is 6.08 Å². The zero-order valence-electron chi connectivity index (χ0n) is 6.02. The smallest absolute Gasteiger partial charge is 0.423 e. The molecule has 0 aromatic heterocycles. The SMILES string of the molecule is CC(=CC(F)C(F)(F)F)C(=O)O. The van der Waals surface area contributed by atoms with E-state index >= 15 is 0 Å². The molecule has 0 aromatic rings. The van der Waals surface area contributed by atoms with Crippen molar-refractivity contribution in [1.82, 2.24) is 0 Å². The van der Waals surface area contributed by atoms with Gasteiger partial charge in [0.2, 0.25) is 6.17 Å². The quantitative estimate of drug-likeness (QED) is 0.528. The number of alkyl halides is 4. The molecule has 0 bridgehead atoms. The maximum atomic E-state index is 12.1. The van der Waals surface area contributed by atoms with Crippen LogP contribution in [0.3, 0.4) is 0 Å². The van der Waals surface area contributed by atoms with Crippen molar-refractivity contribution in [3.63, 3.8) is 0 Å². The maximum Gasteiger partial charge on any atom is 0.423 e. The van der Waals surface area contributed by atoms with E-state index in [1.54, 1.807) is 0 Å². The van der Waals surface area contributed by atoms with Crippen LogP contribution < -0.4 is 0 Å². The largest absolute Gasteiger partial charge is 0.478 e. The Bertz CT molecular complexity index is 206. The Morgan fingerprint density at radius 3 is 2.17 bits per heavy atom. The zero-order valence-corrected chi connectivity index (χ0v) is 6.02. The molecule has 0 fully saturated rings. The molecule has 0 spiro atoms. The Morgan fingerprint density at radius 2 is 1.92 bits per heavy atom. The number of halogens is 4. The van der Waals surface area contributed by atoms with E-state index in [0.29, 0.717) is 0 Å². The summed E-state index contributed by atoms with van der Waals surface area (Å²) in [7, 11) is 0. The van der Waals surface area contributed by atoms with Crippen LogP contribution in [-0.2, 0) is 4.79 Å². The third-order valence-electron chi connectivity index (χ3n) is 1.05. The van der Waals surface area contributed by atoms with Crippen LogP contribution in [0.15, 0.2) is 11.6 Å². The van der Waals surface area contributed by atoms with Gasteiger partial charge in [0.15, 0.2) is 0 Å². The fraction of sp³-hybridized carbons (Fsp3) is 0.500. The fourth-order valence-electron chi connectivity index (χ4n) is 0.385. The number of allylic oxidation sites excluding steroid dienone is 1. The van der Waals surface area contributed by atoms with Crippen LogP contribution in [0, 0.1) is 0 Å². The van der Waals surface area contributed by atoms with Gasteiger partial charge in [-0.1, -0.05) is 0 Å². The van der Waals surface area contributed by atoms with Gasteiger partial charge in [-0.25, -0.2) is 9.18 Å². The molecule has 0 aromatic carbocycles. The van der Waals surface area contributed by atoms with Crippen molar-refractivity contribution in [1.29, 1.82) is 0 Å². The molecule has 2 nitrogen and oxygen atoms in total. The van der Waals surface area contributed by atoms with Crippen molar-refractivity contribution in [3.05, 3.63) is 11.6 Å². The molecule has 0 radical (unpaired) electrons. The van der Waals surface area contributed by atoms with Crippen molar-refractivity contribution >= 4 is 5.97 Å². The van der Waals surface area contributed by atoms with Crippen LogP contribution in [0.5, 0.6) is 0 Å². The van der Waals surface area contributed by atoms with Crippen molar-refractivity contribution < 1.29 is 27.5 Å². The lowest BCUT2D eigenvalue weighted by Gasteiger charge is -2.07. The number of carbonyl (C=O) groups is 1. The lowest BCUT2D eigenvalue weighted by molar-refractivity contribution is -0.166.